The van der Waals surface area contributed by atoms with Crippen LogP contribution >= 0.6 is 0 Å². The first-order valence-corrected chi connectivity index (χ1v) is 10.2. The Kier molecular flexibility index (Phi) is 9.11. The summed E-state index contributed by atoms with van der Waals surface area (Å²) in [6, 6.07) is 8.45. The van der Waals surface area contributed by atoms with Crippen LogP contribution in [0.5, 0.6) is 0 Å². The fourth-order valence-electron chi connectivity index (χ4n) is 3.35. The first kappa shape index (κ1) is 21.2. The number of carbonyl (C=O) groups excluding carboxylic acids is 1. The summed E-state index contributed by atoms with van der Waals surface area (Å²) >= 11 is 0. The SMILES string of the molecule is CCCC(=O)Nc1ccc(CNC(=NC)NC2CCN(CCC)CC2)cc1. The Morgan fingerprint density at radius 3 is 2.44 bits per heavy atom. The average molecular weight is 374 g/mol. The minimum Gasteiger partial charge on any atom is -0.354 e. The maximum absolute atomic E-state index is 11.6. The van der Waals surface area contributed by atoms with E-state index >= 15 is 0 Å². The number of rotatable bonds is 8. The second-order valence-corrected chi connectivity index (χ2v) is 7.18. The van der Waals surface area contributed by atoms with Gasteiger partial charge in [0.1, 0.15) is 0 Å². The summed E-state index contributed by atoms with van der Waals surface area (Å²) in [6.45, 7) is 8.47. The van der Waals surface area contributed by atoms with Crippen LogP contribution in [0.1, 0.15) is 51.5 Å². The first-order valence-electron chi connectivity index (χ1n) is 10.2. The number of hydrogen-bond acceptors (Lipinski definition) is 3. The maximum Gasteiger partial charge on any atom is 0.224 e. The highest BCUT2D eigenvalue weighted by molar-refractivity contribution is 5.90. The van der Waals surface area contributed by atoms with Crippen LogP contribution in [-0.4, -0.2) is 49.5 Å². The van der Waals surface area contributed by atoms with Crippen molar-refractivity contribution in [2.45, 2.75) is 58.5 Å². The van der Waals surface area contributed by atoms with E-state index in [9.17, 15) is 4.79 Å². The van der Waals surface area contributed by atoms with Gasteiger partial charge in [0.2, 0.25) is 5.91 Å². The average Bonchev–Trinajstić information content (AvgIpc) is 2.68. The van der Waals surface area contributed by atoms with Crippen LogP contribution in [0.3, 0.4) is 0 Å². The molecule has 27 heavy (non-hydrogen) atoms. The van der Waals surface area contributed by atoms with Gasteiger partial charge in [0, 0.05) is 44.8 Å². The second-order valence-electron chi connectivity index (χ2n) is 7.18. The van der Waals surface area contributed by atoms with Gasteiger partial charge >= 0.3 is 0 Å². The molecule has 1 heterocycles. The van der Waals surface area contributed by atoms with Gasteiger partial charge in [-0.2, -0.15) is 0 Å². The molecule has 1 aromatic rings. The molecule has 1 aromatic carbocycles. The first-order chi connectivity index (χ1) is 13.1. The molecule has 6 heteroatoms. The smallest absolute Gasteiger partial charge is 0.224 e. The summed E-state index contributed by atoms with van der Waals surface area (Å²) in [5.41, 5.74) is 2.00. The number of anilines is 1. The topological polar surface area (TPSA) is 68.8 Å². The van der Waals surface area contributed by atoms with E-state index in [1.165, 1.54) is 13.0 Å². The lowest BCUT2D eigenvalue weighted by Crippen LogP contribution is -2.48. The van der Waals surface area contributed by atoms with Crippen molar-refractivity contribution in [3.8, 4) is 0 Å². The molecule has 1 fully saturated rings. The van der Waals surface area contributed by atoms with Crippen molar-refractivity contribution in [3.05, 3.63) is 29.8 Å². The second kappa shape index (κ2) is 11.6. The Morgan fingerprint density at radius 1 is 1.15 bits per heavy atom. The zero-order valence-corrected chi connectivity index (χ0v) is 17.1. The summed E-state index contributed by atoms with van der Waals surface area (Å²) in [5.74, 6) is 0.919. The van der Waals surface area contributed by atoms with Crippen LogP contribution < -0.4 is 16.0 Å². The van der Waals surface area contributed by atoms with Crippen molar-refractivity contribution < 1.29 is 4.79 Å². The van der Waals surface area contributed by atoms with Gasteiger partial charge in [-0.05, 0) is 49.9 Å². The molecule has 0 unspecified atom stereocenters. The molecule has 3 N–H and O–H groups in total. The Labute approximate surface area is 163 Å². The molecule has 1 saturated heterocycles. The van der Waals surface area contributed by atoms with Gasteiger partial charge in [-0.1, -0.05) is 26.0 Å². The Morgan fingerprint density at radius 2 is 1.85 bits per heavy atom. The highest BCUT2D eigenvalue weighted by Crippen LogP contribution is 2.12. The molecule has 0 bridgehead atoms. The van der Waals surface area contributed by atoms with E-state index in [2.05, 4.69) is 32.8 Å². The van der Waals surface area contributed by atoms with Crippen LogP contribution in [0.25, 0.3) is 0 Å². The molecule has 150 valence electrons. The van der Waals surface area contributed by atoms with Crippen LogP contribution in [0.15, 0.2) is 29.3 Å². The number of guanidine groups is 1. The zero-order chi connectivity index (χ0) is 19.5. The van der Waals surface area contributed by atoms with Crippen molar-refractivity contribution in [3.63, 3.8) is 0 Å². The van der Waals surface area contributed by atoms with Crippen molar-refractivity contribution in [1.29, 1.82) is 0 Å². The van der Waals surface area contributed by atoms with Crippen molar-refractivity contribution in [1.82, 2.24) is 15.5 Å². The quantitative estimate of drug-likeness (QED) is 0.484. The fraction of sp³-hybridized carbons (Fsp3) is 0.619. The van der Waals surface area contributed by atoms with Crippen molar-refractivity contribution in [2.75, 3.05) is 32.0 Å². The van der Waals surface area contributed by atoms with E-state index in [0.29, 0.717) is 19.0 Å². The molecule has 1 aliphatic heterocycles. The van der Waals surface area contributed by atoms with E-state index in [0.717, 1.165) is 49.6 Å². The molecule has 2 rings (SSSR count). The van der Waals surface area contributed by atoms with Crippen LogP contribution in [0, 0.1) is 0 Å². The fourth-order valence-corrected chi connectivity index (χ4v) is 3.35. The zero-order valence-electron chi connectivity index (χ0n) is 17.1. The van der Waals surface area contributed by atoms with E-state index in [1.807, 2.05) is 38.2 Å². The molecular formula is C21H35N5O. The van der Waals surface area contributed by atoms with Gasteiger partial charge in [0.15, 0.2) is 5.96 Å². The number of amides is 1. The predicted molar refractivity (Wildman–Crippen MR) is 113 cm³/mol. The minimum absolute atomic E-state index is 0.0676. The number of benzene rings is 1. The molecule has 6 nitrogen and oxygen atoms in total. The number of nitrogens with one attached hydrogen (secondary N) is 3. The van der Waals surface area contributed by atoms with Crippen LogP contribution in [-0.2, 0) is 11.3 Å². The van der Waals surface area contributed by atoms with Gasteiger partial charge < -0.3 is 20.9 Å². The molecule has 0 saturated carbocycles. The molecule has 0 aromatic heterocycles. The Balaban J connectivity index is 1.75. The summed E-state index contributed by atoms with van der Waals surface area (Å²) in [4.78, 5) is 18.5. The van der Waals surface area contributed by atoms with Gasteiger partial charge in [-0.3, -0.25) is 9.79 Å². The monoisotopic (exact) mass is 373 g/mol. The standard InChI is InChI=1S/C21H35N5O/c1-4-6-20(27)24-18-9-7-17(8-10-18)16-23-21(22-3)25-19-11-14-26(13-5-2)15-12-19/h7-10,19H,4-6,11-16H2,1-3H3,(H,24,27)(H2,22,23,25). The number of hydrogen-bond donors (Lipinski definition) is 3. The number of aliphatic imine (C=N–C) groups is 1. The lowest BCUT2D eigenvalue weighted by molar-refractivity contribution is -0.116. The Hall–Kier alpha value is -2.08. The molecule has 1 amide bonds. The maximum atomic E-state index is 11.6. The number of nitrogens with zero attached hydrogens (tertiary/aromatic N) is 2. The third-order valence-electron chi connectivity index (χ3n) is 4.87. The summed E-state index contributed by atoms with van der Waals surface area (Å²) < 4.78 is 0. The lowest BCUT2D eigenvalue weighted by Gasteiger charge is -2.32. The summed E-state index contributed by atoms with van der Waals surface area (Å²) in [5, 5.41) is 9.85. The summed E-state index contributed by atoms with van der Waals surface area (Å²) in [7, 11) is 1.81. The summed E-state index contributed by atoms with van der Waals surface area (Å²) in [6.07, 6.45) is 4.96. The van der Waals surface area contributed by atoms with Crippen molar-refractivity contribution in [2.24, 2.45) is 4.99 Å². The molecule has 0 atom stereocenters. The van der Waals surface area contributed by atoms with E-state index in [-0.39, 0.29) is 5.91 Å². The minimum atomic E-state index is 0.0676. The lowest BCUT2D eigenvalue weighted by atomic mass is 10.1. The van der Waals surface area contributed by atoms with Gasteiger partial charge in [-0.25, -0.2) is 0 Å². The highest BCUT2D eigenvalue weighted by atomic mass is 16.1. The van der Waals surface area contributed by atoms with Crippen molar-refractivity contribution >= 4 is 17.6 Å². The normalized spacial score (nSPS) is 16.2. The molecular weight excluding hydrogens is 338 g/mol. The van der Waals surface area contributed by atoms with E-state index < -0.39 is 0 Å². The molecule has 0 radical (unpaired) electrons. The molecule has 0 spiro atoms. The number of likely N-dealkylation sites (tertiary alicyclic amines) is 1. The van der Waals surface area contributed by atoms with E-state index in [4.69, 9.17) is 0 Å². The third-order valence-corrected chi connectivity index (χ3v) is 4.87. The predicted octanol–water partition coefficient (Wildman–Crippen LogP) is 2.96. The largest absolute Gasteiger partial charge is 0.354 e. The van der Waals surface area contributed by atoms with Gasteiger partial charge in [0.05, 0.1) is 0 Å². The molecule has 0 aliphatic carbocycles. The van der Waals surface area contributed by atoms with Gasteiger partial charge in [0.25, 0.3) is 0 Å². The van der Waals surface area contributed by atoms with Crippen LogP contribution in [0.2, 0.25) is 0 Å². The van der Waals surface area contributed by atoms with Crippen LogP contribution in [0.4, 0.5) is 5.69 Å². The highest BCUT2D eigenvalue weighted by Gasteiger charge is 2.19. The van der Waals surface area contributed by atoms with E-state index in [1.54, 1.807) is 0 Å². The Bertz CT molecular complexity index is 591. The molecule has 1 aliphatic rings. The number of carbonyl (C=O) groups is 1. The van der Waals surface area contributed by atoms with Gasteiger partial charge in [-0.15, -0.1) is 0 Å². The third kappa shape index (κ3) is 7.59. The number of piperidine rings is 1.